The van der Waals surface area contributed by atoms with E-state index >= 15 is 0 Å². The third-order valence-electron chi connectivity index (χ3n) is 11.8. The molecule has 6 heterocycles. The average molecular weight is 690 g/mol. The van der Waals surface area contributed by atoms with Crippen molar-refractivity contribution in [1.82, 2.24) is 19.9 Å². The number of amides is 3. The number of carbonyl (C=O) groups excluding carboxylic acids is 3. The Balaban J connectivity index is 1.01. The molecule has 3 aromatic heterocycles. The van der Waals surface area contributed by atoms with Crippen LogP contribution < -0.4 is 25.0 Å². The number of H-pyrrole nitrogens is 3. The standard InChI is InChI=1S/C37H35N7O7/c1-15-12-39-28-23(45)10-24-37(25(15)28)11-16(37)13-42(24)14-17-8-20-18-4-6-43(29(18)31(46)33(50-2)26(20)40-17)35(48)22-9-21-19-5-7-44(36(38)49)30(19)32(47)34(51-3)27(21)41-22/h8-10,12,16,39-41,46-47H,4-7,11,13-14H2,1-3H3,(H2,38,49). The molecule has 10 rings (SSSR count). The van der Waals surface area contributed by atoms with Gasteiger partial charge in [-0.3, -0.25) is 14.5 Å². The van der Waals surface area contributed by atoms with Gasteiger partial charge in [0.1, 0.15) is 5.69 Å². The van der Waals surface area contributed by atoms with E-state index in [1.165, 1.54) is 19.1 Å². The molecule has 0 radical (unpaired) electrons. The van der Waals surface area contributed by atoms with E-state index in [1.807, 2.05) is 6.20 Å². The fourth-order valence-electron chi connectivity index (χ4n) is 9.72. The second-order valence-corrected chi connectivity index (χ2v) is 14.3. The number of aryl methyl sites for hydroxylation is 1. The highest BCUT2D eigenvalue weighted by atomic mass is 16.5. The van der Waals surface area contributed by atoms with Crippen LogP contribution in [-0.4, -0.2) is 81.6 Å². The number of piperidine rings is 1. The third kappa shape index (κ3) is 3.63. The summed E-state index contributed by atoms with van der Waals surface area (Å²) in [5.74, 6) is 0.0459. The van der Waals surface area contributed by atoms with Crippen molar-refractivity contribution in [3.8, 4) is 23.0 Å². The number of urea groups is 1. The Kier molecular flexibility index (Phi) is 5.73. The monoisotopic (exact) mass is 689 g/mol. The topological polar surface area (TPSA) is 193 Å². The number of nitrogens with one attached hydrogen (secondary N) is 3. The largest absolute Gasteiger partial charge is 0.503 e. The van der Waals surface area contributed by atoms with Crippen molar-refractivity contribution in [3.63, 3.8) is 0 Å². The first-order chi connectivity index (χ1) is 24.6. The number of allylic oxidation sites excluding steroid dienone is 2. The number of benzene rings is 2. The number of carbonyl (C=O) groups is 3. The summed E-state index contributed by atoms with van der Waals surface area (Å²) >= 11 is 0. The number of rotatable bonds is 5. The van der Waals surface area contributed by atoms with Crippen LogP contribution in [0.1, 0.15) is 55.3 Å². The van der Waals surface area contributed by atoms with E-state index in [1.54, 1.807) is 17.0 Å². The fourth-order valence-corrected chi connectivity index (χ4v) is 9.72. The van der Waals surface area contributed by atoms with Crippen LogP contribution in [0.5, 0.6) is 23.0 Å². The quantitative estimate of drug-likeness (QED) is 0.158. The number of phenolic OH excluding ortho intramolecular Hbond substituents is 2. The summed E-state index contributed by atoms with van der Waals surface area (Å²) < 4.78 is 11.3. The highest BCUT2D eigenvalue weighted by Crippen LogP contribution is 2.67. The Morgan fingerprint density at radius 1 is 0.980 bits per heavy atom. The molecule has 51 heavy (non-hydrogen) atoms. The highest BCUT2D eigenvalue weighted by Gasteiger charge is 2.67. The maximum Gasteiger partial charge on any atom is 0.319 e. The molecule has 0 bridgehead atoms. The fraction of sp³-hybridized carbons (Fsp3) is 0.324. The predicted octanol–water partition coefficient (Wildman–Crippen LogP) is 4.21. The number of nitrogens with zero attached hydrogens (tertiary/aromatic N) is 3. The number of nitrogens with two attached hydrogens (primary N) is 1. The first-order valence-corrected chi connectivity index (χ1v) is 17.0. The lowest BCUT2D eigenvalue weighted by atomic mass is 9.83. The highest BCUT2D eigenvalue weighted by molar-refractivity contribution is 6.14. The third-order valence-corrected chi connectivity index (χ3v) is 11.8. The number of aromatic amines is 3. The van der Waals surface area contributed by atoms with Gasteiger partial charge in [0.15, 0.2) is 23.0 Å². The molecule has 2 fully saturated rings. The summed E-state index contributed by atoms with van der Waals surface area (Å²) in [6.45, 7) is 4.07. The summed E-state index contributed by atoms with van der Waals surface area (Å²) in [6, 6.07) is 3.06. The van der Waals surface area contributed by atoms with Gasteiger partial charge in [0.2, 0.25) is 5.78 Å². The van der Waals surface area contributed by atoms with E-state index in [4.69, 9.17) is 15.2 Å². The number of fused-ring (bicyclic) bond motifs is 7. The number of aromatic nitrogens is 3. The Morgan fingerprint density at radius 2 is 1.63 bits per heavy atom. The smallest absolute Gasteiger partial charge is 0.319 e. The van der Waals surface area contributed by atoms with Crippen molar-refractivity contribution < 1.29 is 34.1 Å². The van der Waals surface area contributed by atoms with Gasteiger partial charge in [0.25, 0.3) is 5.91 Å². The number of ether oxygens (including phenoxy) is 2. The van der Waals surface area contributed by atoms with Crippen LogP contribution in [0, 0.1) is 12.8 Å². The lowest BCUT2D eigenvalue weighted by Gasteiger charge is -2.29. The normalized spacial score (nSPS) is 21.2. The van der Waals surface area contributed by atoms with Crippen molar-refractivity contribution in [1.29, 1.82) is 0 Å². The zero-order valence-corrected chi connectivity index (χ0v) is 28.2. The molecule has 1 saturated heterocycles. The first kappa shape index (κ1) is 29.8. The molecule has 14 heteroatoms. The number of methoxy groups -OCH3 is 2. The average Bonchev–Trinajstić information content (AvgIpc) is 3.82. The van der Waals surface area contributed by atoms with Crippen LogP contribution >= 0.6 is 0 Å². The molecule has 14 nitrogen and oxygen atoms in total. The first-order valence-electron chi connectivity index (χ1n) is 17.0. The van der Waals surface area contributed by atoms with Gasteiger partial charge in [-0.25, -0.2) is 4.79 Å². The van der Waals surface area contributed by atoms with Crippen molar-refractivity contribution in [2.45, 2.75) is 38.1 Å². The zero-order chi connectivity index (χ0) is 35.2. The summed E-state index contributed by atoms with van der Waals surface area (Å²) in [5.41, 5.74) is 13.9. The SMILES string of the molecule is COc1c(O)c2c(c3cc(C(=O)N4CCc5c4c(O)c(OC)c4[nH]c(CN6CC7CC78C6=CC(=O)c6[nH]cc(C)c68)cc54)[nH]c13)CCN2C(N)=O. The summed E-state index contributed by atoms with van der Waals surface area (Å²) in [5, 5.41) is 24.2. The molecular weight excluding hydrogens is 654 g/mol. The summed E-state index contributed by atoms with van der Waals surface area (Å²) in [4.78, 5) is 54.4. The number of likely N-dealkylation sites (tertiary alicyclic amines) is 1. The number of primary amides is 1. The predicted molar refractivity (Wildman–Crippen MR) is 187 cm³/mol. The van der Waals surface area contributed by atoms with E-state index in [-0.39, 0.29) is 51.5 Å². The van der Waals surface area contributed by atoms with Gasteiger partial charge >= 0.3 is 6.03 Å². The van der Waals surface area contributed by atoms with E-state index in [0.717, 1.165) is 46.4 Å². The molecule has 1 saturated carbocycles. The summed E-state index contributed by atoms with van der Waals surface area (Å²) in [7, 11) is 2.89. The molecule has 260 valence electrons. The van der Waals surface area contributed by atoms with Gasteiger partial charge in [-0.15, -0.1) is 0 Å². The molecule has 1 spiro atoms. The molecule has 5 aliphatic rings. The minimum Gasteiger partial charge on any atom is -0.503 e. The minimum atomic E-state index is -0.692. The molecule has 7 N–H and O–H groups in total. The van der Waals surface area contributed by atoms with Crippen LogP contribution in [0.2, 0.25) is 0 Å². The van der Waals surface area contributed by atoms with Gasteiger partial charge in [-0.1, -0.05) is 0 Å². The van der Waals surface area contributed by atoms with E-state index in [9.17, 15) is 24.6 Å². The van der Waals surface area contributed by atoms with Crippen LogP contribution in [0.4, 0.5) is 16.2 Å². The van der Waals surface area contributed by atoms with Crippen molar-refractivity contribution in [2.75, 3.05) is 43.7 Å². The second-order valence-electron chi connectivity index (χ2n) is 14.3. The molecule has 3 amide bonds. The molecule has 2 atom stereocenters. The van der Waals surface area contributed by atoms with Crippen LogP contribution in [0.15, 0.2) is 30.1 Å². The van der Waals surface area contributed by atoms with Crippen molar-refractivity contribution in [3.05, 3.63) is 69.4 Å². The van der Waals surface area contributed by atoms with Crippen LogP contribution in [0.25, 0.3) is 21.8 Å². The number of anilines is 2. The van der Waals surface area contributed by atoms with E-state index in [0.29, 0.717) is 71.8 Å². The van der Waals surface area contributed by atoms with Gasteiger partial charge in [0.05, 0.1) is 48.9 Å². The minimum absolute atomic E-state index is 0.00400. The van der Waals surface area contributed by atoms with Gasteiger partial charge in [-0.05, 0) is 66.5 Å². The van der Waals surface area contributed by atoms with Crippen molar-refractivity contribution >= 4 is 50.9 Å². The number of aromatic hydroxyl groups is 2. The van der Waals surface area contributed by atoms with E-state index < -0.39 is 6.03 Å². The second kappa shape index (κ2) is 9.80. The van der Waals surface area contributed by atoms with Crippen LogP contribution in [0.3, 0.4) is 0 Å². The Labute approximate surface area is 290 Å². The van der Waals surface area contributed by atoms with Gasteiger partial charge < -0.3 is 50.2 Å². The molecule has 3 aliphatic heterocycles. The zero-order valence-electron chi connectivity index (χ0n) is 28.2. The van der Waals surface area contributed by atoms with E-state index in [2.05, 4.69) is 32.8 Å². The number of phenols is 2. The molecule has 2 aliphatic carbocycles. The Hall–Kier alpha value is -6.05. The Bertz CT molecular complexity index is 2490. The maximum atomic E-state index is 14.3. The molecule has 2 aromatic carbocycles. The lowest BCUT2D eigenvalue weighted by Crippen LogP contribution is -2.34. The summed E-state index contributed by atoms with van der Waals surface area (Å²) in [6.07, 6.45) is 5.71. The molecular formula is C37H35N7O7. The molecule has 5 aromatic rings. The van der Waals surface area contributed by atoms with Crippen molar-refractivity contribution in [2.24, 2.45) is 11.7 Å². The number of ketones is 1. The lowest BCUT2D eigenvalue weighted by molar-refractivity contribution is 0.0983. The van der Waals surface area contributed by atoms with Gasteiger partial charge in [0, 0.05) is 59.5 Å². The van der Waals surface area contributed by atoms with Gasteiger partial charge in [-0.2, -0.15) is 0 Å². The van der Waals surface area contributed by atoms with Crippen LogP contribution in [-0.2, 0) is 24.8 Å². The Morgan fingerprint density at radius 3 is 2.31 bits per heavy atom. The maximum absolute atomic E-state index is 14.3. The number of hydrogen-bond donors (Lipinski definition) is 6. The number of hydrogen-bond acceptors (Lipinski definition) is 8. The molecule has 2 unspecified atom stereocenters.